The van der Waals surface area contributed by atoms with Crippen molar-refractivity contribution in [2.24, 2.45) is 0 Å². The first-order valence-electron chi connectivity index (χ1n) is 3.02. The van der Waals surface area contributed by atoms with Gasteiger partial charge >= 0.3 is 0 Å². The van der Waals surface area contributed by atoms with Crippen molar-refractivity contribution in [1.29, 1.82) is 0 Å². The maximum atomic E-state index is 8.75. The van der Waals surface area contributed by atoms with Crippen molar-refractivity contribution >= 4 is 22.6 Å². The van der Waals surface area contributed by atoms with Gasteiger partial charge in [0.15, 0.2) is 0 Å². The fourth-order valence-electron chi connectivity index (χ4n) is 0.801. The number of benzene rings is 1. The Bertz CT molecular complexity index is 299. The number of hydrogen-bond donors (Lipinski definition) is 1. The van der Waals surface area contributed by atoms with Crippen molar-refractivity contribution in [3.05, 3.63) is 39.5 Å². The molecule has 0 aliphatic carbocycles. The third kappa shape index (κ3) is 1.73. The molecule has 0 bridgehead atoms. The topological polar surface area (TPSA) is 20.2 Å². The molecule has 0 aromatic heterocycles. The van der Waals surface area contributed by atoms with E-state index in [1.165, 1.54) is 0 Å². The van der Waals surface area contributed by atoms with Crippen LogP contribution in [0.4, 0.5) is 0 Å². The Kier molecular flexibility index (Phi) is 2.92. The van der Waals surface area contributed by atoms with E-state index in [1.807, 2.05) is 12.1 Å². The van der Waals surface area contributed by atoms with Crippen LogP contribution in [-0.2, 0) is 0 Å². The molecule has 0 heterocycles. The molecule has 1 rings (SSSR count). The molecule has 0 unspecified atom stereocenters. The first-order valence-corrected chi connectivity index (χ1v) is 4.10. The number of aliphatic hydroxyl groups is 1. The Morgan fingerprint density at radius 1 is 1.55 bits per heavy atom. The van der Waals surface area contributed by atoms with Crippen LogP contribution in [0.15, 0.2) is 18.2 Å². The summed E-state index contributed by atoms with van der Waals surface area (Å²) in [5.41, 5.74) is 1.44. The normalized spacial score (nSPS) is 9.18. The number of aliphatic hydroxyl groups excluding tert-OH is 1. The monoisotopic (exact) mass is 257 g/mol. The summed E-state index contributed by atoms with van der Waals surface area (Å²) in [4.78, 5) is 0. The Hall–Kier alpha value is -0.530. The van der Waals surface area contributed by atoms with Gasteiger partial charge in [-0.1, -0.05) is 18.1 Å². The second-order valence-electron chi connectivity index (χ2n) is 1.98. The highest BCUT2D eigenvalue weighted by molar-refractivity contribution is 14.1. The van der Waals surface area contributed by atoms with Crippen molar-refractivity contribution in [2.75, 3.05) is 0 Å². The SMILES string of the molecule is C#Cc1c(I)cccc1[CH]O. The molecular formula is C9H6IO. The van der Waals surface area contributed by atoms with E-state index in [9.17, 15) is 0 Å². The van der Waals surface area contributed by atoms with Crippen molar-refractivity contribution in [3.8, 4) is 12.3 Å². The average Bonchev–Trinajstić information content (AvgIpc) is 2.04. The van der Waals surface area contributed by atoms with Crippen LogP contribution in [0.1, 0.15) is 11.1 Å². The van der Waals surface area contributed by atoms with Gasteiger partial charge in [-0.05, 0) is 28.7 Å². The quantitative estimate of drug-likeness (QED) is 0.603. The lowest BCUT2D eigenvalue weighted by atomic mass is 10.1. The van der Waals surface area contributed by atoms with Crippen LogP contribution in [0.3, 0.4) is 0 Å². The largest absolute Gasteiger partial charge is 0.385 e. The van der Waals surface area contributed by atoms with Crippen molar-refractivity contribution in [3.63, 3.8) is 0 Å². The lowest BCUT2D eigenvalue weighted by molar-refractivity contribution is 0.414. The zero-order valence-corrected chi connectivity index (χ0v) is 7.87. The smallest absolute Gasteiger partial charge is 0.110 e. The highest BCUT2D eigenvalue weighted by atomic mass is 127. The van der Waals surface area contributed by atoms with Gasteiger partial charge in [0.05, 0.1) is 0 Å². The van der Waals surface area contributed by atoms with Gasteiger partial charge < -0.3 is 5.11 Å². The lowest BCUT2D eigenvalue weighted by Crippen LogP contribution is -1.89. The van der Waals surface area contributed by atoms with E-state index in [0.717, 1.165) is 15.7 Å². The van der Waals surface area contributed by atoms with E-state index in [1.54, 1.807) is 6.07 Å². The zero-order valence-electron chi connectivity index (χ0n) is 5.71. The van der Waals surface area contributed by atoms with E-state index < -0.39 is 0 Å². The molecule has 0 aliphatic heterocycles. The zero-order chi connectivity index (χ0) is 8.27. The van der Waals surface area contributed by atoms with Gasteiger partial charge in [-0.15, -0.1) is 6.42 Å². The van der Waals surface area contributed by atoms with Gasteiger partial charge in [-0.3, -0.25) is 0 Å². The highest BCUT2D eigenvalue weighted by Gasteiger charge is 2.01. The predicted molar refractivity (Wildman–Crippen MR) is 52.4 cm³/mol. The molecule has 11 heavy (non-hydrogen) atoms. The summed E-state index contributed by atoms with van der Waals surface area (Å²) >= 11 is 2.14. The number of terminal acetylenes is 1. The lowest BCUT2D eigenvalue weighted by Gasteiger charge is -2.01. The second-order valence-corrected chi connectivity index (χ2v) is 3.14. The van der Waals surface area contributed by atoms with Crippen molar-refractivity contribution in [1.82, 2.24) is 0 Å². The van der Waals surface area contributed by atoms with E-state index in [-0.39, 0.29) is 0 Å². The number of rotatable bonds is 1. The van der Waals surface area contributed by atoms with E-state index >= 15 is 0 Å². The predicted octanol–water partition coefficient (Wildman–Crippen LogP) is 2.15. The number of hydrogen-bond acceptors (Lipinski definition) is 1. The molecule has 55 valence electrons. The molecule has 1 nitrogen and oxygen atoms in total. The first-order chi connectivity index (χ1) is 5.29. The Morgan fingerprint density at radius 2 is 2.27 bits per heavy atom. The van der Waals surface area contributed by atoms with Crippen molar-refractivity contribution < 1.29 is 5.11 Å². The van der Waals surface area contributed by atoms with Crippen LogP contribution in [-0.4, -0.2) is 5.11 Å². The Morgan fingerprint density at radius 3 is 2.73 bits per heavy atom. The van der Waals surface area contributed by atoms with Gasteiger partial charge in [0, 0.05) is 14.7 Å². The molecule has 0 atom stereocenters. The average molecular weight is 257 g/mol. The van der Waals surface area contributed by atoms with Crippen LogP contribution in [0.5, 0.6) is 0 Å². The van der Waals surface area contributed by atoms with Crippen LogP contribution in [0.25, 0.3) is 0 Å². The standard InChI is InChI=1S/C9H6IO/c1-2-8-7(6-11)4-3-5-9(8)10/h1,3-6,11H. The van der Waals surface area contributed by atoms with Gasteiger partial charge in [0.25, 0.3) is 0 Å². The van der Waals surface area contributed by atoms with Crippen molar-refractivity contribution in [2.45, 2.75) is 0 Å². The maximum Gasteiger partial charge on any atom is 0.110 e. The minimum Gasteiger partial charge on any atom is -0.385 e. The minimum atomic E-state index is 0.694. The van der Waals surface area contributed by atoms with Crippen LogP contribution < -0.4 is 0 Å². The van der Waals surface area contributed by atoms with Gasteiger partial charge in [0.2, 0.25) is 0 Å². The minimum absolute atomic E-state index is 0.694. The summed E-state index contributed by atoms with van der Waals surface area (Å²) < 4.78 is 0.980. The third-order valence-electron chi connectivity index (χ3n) is 1.33. The second kappa shape index (κ2) is 3.74. The molecule has 0 spiro atoms. The molecule has 1 radical (unpaired) electrons. The summed E-state index contributed by atoms with van der Waals surface area (Å²) in [7, 11) is 0. The van der Waals surface area contributed by atoms with Crippen LogP contribution in [0, 0.1) is 22.5 Å². The molecule has 0 aliphatic rings. The summed E-state index contributed by atoms with van der Waals surface area (Å²) in [5, 5.41) is 8.75. The van der Waals surface area contributed by atoms with E-state index in [2.05, 4.69) is 28.5 Å². The fraction of sp³-hybridized carbons (Fsp3) is 0. The van der Waals surface area contributed by atoms with Crippen LogP contribution >= 0.6 is 22.6 Å². The first kappa shape index (κ1) is 8.57. The molecule has 0 saturated heterocycles. The Labute approximate surface area is 79.6 Å². The van der Waals surface area contributed by atoms with E-state index in [0.29, 0.717) is 5.56 Å². The number of halogens is 1. The molecule has 0 saturated carbocycles. The highest BCUT2D eigenvalue weighted by Crippen LogP contribution is 2.16. The van der Waals surface area contributed by atoms with Gasteiger partial charge in [0.1, 0.15) is 6.61 Å². The molecule has 1 aromatic rings. The summed E-state index contributed by atoms with van der Waals surface area (Å²) in [5.74, 6) is 2.52. The fourth-order valence-corrected chi connectivity index (χ4v) is 1.48. The maximum absolute atomic E-state index is 8.75. The summed E-state index contributed by atoms with van der Waals surface area (Å²) in [6.07, 6.45) is 5.24. The molecule has 0 fully saturated rings. The van der Waals surface area contributed by atoms with E-state index in [4.69, 9.17) is 11.5 Å². The molecule has 1 N–H and O–H groups in total. The molecule has 1 aromatic carbocycles. The molecule has 2 heteroatoms. The third-order valence-corrected chi connectivity index (χ3v) is 2.23. The van der Waals surface area contributed by atoms with Gasteiger partial charge in [-0.2, -0.15) is 0 Å². The molecular weight excluding hydrogens is 251 g/mol. The summed E-state index contributed by atoms with van der Waals surface area (Å²) in [6, 6.07) is 5.53. The summed E-state index contributed by atoms with van der Waals surface area (Å²) in [6.45, 7) is 1.03. The Balaban J connectivity index is 3.27. The van der Waals surface area contributed by atoms with Crippen LogP contribution in [0.2, 0.25) is 0 Å². The molecule has 0 amide bonds. The van der Waals surface area contributed by atoms with Gasteiger partial charge in [-0.25, -0.2) is 0 Å².